The average Bonchev–Trinajstić information content (AvgIpc) is 2.78. The van der Waals surface area contributed by atoms with Crippen molar-refractivity contribution in [1.82, 2.24) is 9.80 Å². The highest BCUT2D eigenvalue weighted by molar-refractivity contribution is 5.14. The number of hydrogen-bond donors (Lipinski definition) is 1. The summed E-state index contributed by atoms with van der Waals surface area (Å²) in [7, 11) is 2.18. The first-order chi connectivity index (χ1) is 8.79. The summed E-state index contributed by atoms with van der Waals surface area (Å²) in [6, 6.07) is 11.2. The van der Waals surface area contributed by atoms with Gasteiger partial charge in [-0.1, -0.05) is 30.3 Å². The van der Waals surface area contributed by atoms with Crippen LogP contribution in [0.4, 0.5) is 0 Å². The standard InChI is InChI=1S/C15H24N2O/c1-16(12-14-6-3-2-4-7-14)13-15-8-5-9-17(15)10-11-18/h2-4,6-7,15,18H,5,8-13H2,1H3/t15-/m0/s1. The van der Waals surface area contributed by atoms with E-state index in [0.717, 1.165) is 26.2 Å². The normalized spacial score (nSPS) is 20.7. The number of β-amino-alcohol motifs (C(OH)–C–C–N with tert-alkyl or cyclic N) is 1. The van der Waals surface area contributed by atoms with Crippen LogP contribution in [0.25, 0.3) is 0 Å². The first-order valence-electron chi connectivity index (χ1n) is 6.87. The van der Waals surface area contributed by atoms with E-state index < -0.39 is 0 Å². The summed E-state index contributed by atoms with van der Waals surface area (Å²) in [6.07, 6.45) is 2.53. The topological polar surface area (TPSA) is 26.7 Å². The fraction of sp³-hybridized carbons (Fsp3) is 0.600. The molecule has 1 N–H and O–H groups in total. The molecule has 1 atom stereocenters. The van der Waals surface area contributed by atoms with Gasteiger partial charge in [-0.25, -0.2) is 0 Å². The van der Waals surface area contributed by atoms with E-state index in [0.29, 0.717) is 6.04 Å². The first kappa shape index (κ1) is 13.5. The van der Waals surface area contributed by atoms with E-state index in [1.54, 1.807) is 0 Å². The zero-order valence-corrected chi connectivity index (χ0v) is 11.3. The largest absolute Gasteiger partial charge is 0.395 e. The zero-order valence-electron chi connectivity index (χ0n) is 11.3. The maximum atomic E-state index is 9.06. The van der Waals surface area contributed by atoms with Crippen LogP contribution in [0, 0.1) is 0 Å². The molecule has 1 aliphatic heterocycles. The number of hydrogen-bond acceptors (Lipinski definition) is 3. The Bertz CT molecular complexity index is 342. The van der Waals surface area contributed by atoms with Crippen LogP contribution < -0.4 is 0 Å². The molecule has 0 bridgehead atoms. The summed E-state index contributed by atoms with van der Waals surface area (Å²) in [6.45, 7) is 4.34. The van der Waals surface area contributed by atoms with Crippen LogP contribution in [0.3, 0.4) is 0 Å². The first-order valence-corrected chi connectivity index (χ1v) is 6.87. The second kappa shape index (κ2) is 6.88. The number of aliphatic hydroxyl groups excluding tert-OH is 1. The van der Waals surface area contributed by atoms with Gasteiger partial charge in [0.1, 0.15) is 0 Å². The fourth-order valence-electron chi connectivity index (χ4n) is 2.84. The van der Waals surface area contributed by atoms with Crippen LogP contribution in [0.5, 0.6) is 0 Å². The van der Waals surface area contributed by atoms with Crippen molar-refractivity contribution in [3.05, 3.63) is 35.9 Å². The molecule has 0 saturated carbocycles. The van der Waals surface area contributed by atoms with Crippen LogP contribution in [-0.4, -0.2) is 54.2 Å². The molecule has 3 heteroatoms. The third kappa shape index (κ3) is 3.80. The maximum Gasteiger partial charge on any atom is 0.0558 e. The summed E-state index contributed by atoms with van der Waals surface area (Å²) in [4.78, 5) is 4.80. The molecule has 18 heavy (non-hydrogen) atoms. The van der Waals surface area contributed by atoms with Crippen molar-refractivity contribution < 1.29 is 5.11 Å². The Kier molecular flexibility index (Phi) is 5.17. The smallest absolute Gasteiger partial charge is 0.0558 e. The predicted molar refractivity (Wildman–Crippen MR) is 74.5 cm³/mol. The highest BCUT2D eigenvalue weighted by Gasteiger charge is 2.24. The molecule has 0 aliphatic carbocycles. The molecule has 2 rings (SSSR count). The number of nitrogens with zero attached hydrogens (tertiary/aromatic N) is 2. The lowest BCUT2D eigenvalue weighted by atomic mass is 10.2. The molecular formula is C15H24N2O. The third-order valence-corrected chi connectivity index (χ3v) is 3.70. The second-order valence-electron chi connectivity index (χ2n) is 5.24. The van der Waals surface area contributed by atoms with Gasteiger partial charge in [-0.3, -0.25) is 4.90 Å². The third-order valence-electron chi connectivity index (χ3n) is 3.70. The Hall–Kier alpha value is -0.900. The SMILES string of the molecule is CN(Cc1ccccc1)C[C@@H]1CCCN1CCO. The molecule has 0 unspecified atom stereocenters. The van der Waals surface area contributed by atoms with Crippen molar-refractivity contribution in [2.24, 2.45) is 0 Å². The van der Waals surface area contributed by atoms with Gasteiger partial charge < -0.3 is 10.0 Å². The van der Waals surface area contributed by atoms with Crippen LogP contribution in [0.1, 0.15) is 18.4 Å². The van der Waals surface area contributed by atoms with Crippen LogP contribution in [0.2, 0.25) is 0 Å². The summed E-state index contributed by atoms with van der Waals surface area (Å²) in [5.74, 6) is 0. The van der Waals surface area contributed by atoms with E-state index in [1.807, 2.05) is 0 Å². The van der Waals surface area contributed by atoms with E-state index in [1.165, 1.54) is 18.4 Å². The minimum absolute atomic E-state index is 0.277. The Morgan fingerprint density at radius 2 is 2.11 bits per heavy atom. The summed E-state index contributed by atoms with van der Waals surface area (Å²) >= 11 is 0. The highest BCUT2D eigenvalue weighted by atomic mass is 16.3. The molecule has 1 aromatic rings. The average molecular weight is 248 g/mol. The van der Waals surface area contributed by atoms with E-state index in [4.69, 9.17) is 5.11 Å². The molecule has 0 spiro atoms. The van der Waals surface area contributed by atoms with Gasteiger partial charge in [-0.2, -0.15) is 0 Å². The maximum absolute atomic E-state index is 9.06. The Labute approximate surface area is 110 Å². The van der Waals surface area contributed by atoms with Gasteiger partial charge >= 0.3 is 0 Å². The number of likely N-dealkylation sites (N-methyl/N-ethyl adjacent to an activating group) is 1. The lowest BCUT2D eigenvalue weighted by molar-refractivity contribution is 0.154. The number of rotatable bonds is 6. The van der Waals surface area contributed by atoms with Crippen molar-refractivity contribution in [2.45, 2.75) is 25.4 Å². The zero-order chi connectivity index (χ0) is 12.8. The van der Waals surface area contributed by atoms with E-state index in [9.17, 15) is 0 Å². The van der Waals surface area contributed by atoms with Crippen LogP contribution in [0.15, 0.2) is 30.3 Å². The quantitative estimate of drug-likeness (QED) is 0.828. The van der Waals surface area contributed by atoms with Gasteiger partial charge in [0.25, 0.3) is 0 Å². The lowest BCUT2D eigenvalue weighted by Gasteiger charge is -2.28. The molecule has 1 aliphatic rings. The van der Waals surface area contributed by atoms with Crippen LogP contribution >= 0.6 is 0 Å². The molecule has 3 nitrogen and oxygen atoms in total. The van der Waals surface area contributed by atoms with Crippen molar-refractivity contribution >= 4 is 0 Å². The molecule has 0 amide bonds. The predicted octanol–water partition coefficient (Wildman–Crippen LogP) is 1.58. The fourth-order valence-corrected chi connectivity index (χ4v) is 2.84. The summed E-state index contributed by atoms with van der Waals surface area (Å²) < 4.78 is 0. The number of aliphatic hydroxyl groups is 1. The molecule has 1 aromatic carbocycles. The number of likely N-dealkylation sites (tertiary alicyclic amines) is 1. The lowest BCUT2D eigenvalue weighted by Crippen LogP contribution is -2.39. The molecule has 0 aromatic heterocycles. The molecule has 1 fully saturated rings. The van der Waals surface area contributed by atoms with Gasteiger partial charge in [0.15, 0.2) is 0 Å². The van der Waals surface area contributed by atoms with Crippen molar-refractivity contribution in [2.75, 3.05) is 33.3 Å². The summed E-state index contributed by atoms with van der Waals surface area (Å²) in [5, 5.41) is 9.06. The van der Waals surface area contributed by atoms with Gasteiger partial charge in [-0.15, -0.1) is 0 Å². The van der Waals surface area contributed by atoms with Crippen molar-refractivity contribution in [3.8, 4) is 0 Å². The summed E-state index contributed by atoms with van der Waals surface area (Å²) in [5.41, 5.74) is 1.37. The Balaban J connectivity index is 1.81. The van der Waals surface area contributed by atoms with E-state index in [-0.39, 0.29) is 6.61 Å². The van der Waals surface area contributed by atoms with Gasteiger partial charge in [-0.05, 0) is 32.0 Å². The molecule has 100 valence electrons. The van der Waals surface area contributed by atoms with Gasteiger partial charge in [0.2, 0.25) is 0 Å². The molecular weight excluding hydrogens is 224 g/mol. The van der Waals surface area contributed by atoms with Crippen molar-refractivity contribution in [3.63, 3.8) is 0 Å². The van der Waals surface area contributed by atoms with Crippen LogP contribution in [-0.2, 0) is 6.54 Å². The van der Waals surface area contributed by atoms with Gasteiger partial charge in [0, 0.05) is 25.7 Å². The minimum Gasteiger partial charge on any atom is -0.395 e. The molecule has 0 radical (unpaired) electrons. The Morgan fingerprint density at radius 1 is 1.33 bits per heavy atom. The highest BCUT2D eigenvalue weighted by Crippen LogP contribution is 2.18. The monoisotopic (exact) mass is 248 g/mol. The number of benzene rings is 1. The molecule has 1 heterocycles. The minimum atomic E-state index is 0.277. The Morgan fingerprint density at radius 3 is 2.83 bits per heavy atom. The van der Waals surface area contributed by atoms with E-state index in [2.05, 4.69) is 47.2 Å². The molecule has 1 saturated heterocycles. The van der Waals surface area contributed by atoms with Gasteiger partial charge in [0.05, 0.1) is 6.61 Å². The van der Waals surface area contributed by atoms with E-state index >= 15 is 0 Å². The van der Waals surface area contributed by atoms with Crippen molar-refractivity contribution in [1.29, 1.82) is 0 Å². The second-order valence-corrected chi connectivity index (χ2v) is 5.24.